The number of anilines is 1. The molecule has 9 heteroatoms. The van der Waals surface area contributed by atoms with Gasteiger partial charge in [0, 0.05) is 18.6 Å². The zero-order chi connectivity index (χ0) is 27.2. The van der Waals surface area contributed by atoms with E-state index in [-0.39, 0.29) is 17.3 Å². The quantitative estimate of drug-likeness (QED) is 0.403. The number of sulfonamides is 1. The lowest BCUT2D eigenvalue weighted by atomic mass is 10.1. The Hall–Kier alpha value is -3.36. The molecule has 2 amide bonds. The molecule has 0 heterocycles. The molecule has 0 saturated carbocycles. The maximum atomic E-state index is 13.9. The highest BCUT2D eigenvalue weighted by Crippen LogP contribution is 2.29. The van der Waals surface area contributed by atoms with Crippen molar-refractivity contribution in [2.45, 2.75) is 44.7 Å². The van der Waals surface area contributed by atoms with Gasteiger partial charge in [-0.3, -0.25) is 13.9 Å². The molecule has 0 aliphatic heterocycles. The molecule has 7 nitrogen and oxygen atoms in total. The number of hydrogen-bond donors (Lipinski definition) is 1. The van der Waals surface area contributed by atoms with Crippen molar-refractivity contribution in [3.05, 3.63) is 94.5 Å². The summed E-state index contributed by atoms with van der Waals surface area (Å²) in [6.07, 6.45) is 0.355. The highest BCUT2D eigenvalue weighted by atomic mass is 35.5. The Balaban J connectivity index is 2.09. The first kappa shape index (κ1) is 28.2. The number of amides is 2. The third-order valence-corrected chi connectivity index (χ3v) is 8.38. The van der Waals surface area contributed by atoms with Gasteiger partial charge in [-0.2, -0.15) is 0 Å². The lowest BCUT2D eigenvalue weighted by molar-refractivity contribution is -0.140. The second kappa shape index (κ2) is 12.3. The molecule has 0 fully saturated rings. The molecule has 3 aromatic carbocycles. The monoisotopic (exact) mass is 541 g/mol. The van der Waals surface area contributed by atoms with Crippen molar-refractivity contribution in [3.63, 3.8) is 0 Å². The first-order valence-electron chi connectivity index (χ1n) is 12.0. The molecule has 0 aromatic heterocycles. The van der Waals surface area contributed by atoms with Gasteiger partial charge in [-0.1, -0.05) is 61.0 Å². The molecule has 0 radical (unpaired) electrons. The fourth-order valence-corrected chi connectivity index (χ4v) is 5.73. The van der Waals surface area contributed by atoms with E-state index in [9.17, 15) is 18.0 Å². The Bertz CT molecular complexity index is 1350. The molecule has 37 heavy (non-hydrogen) atoms. The van der Waals surface area contributed by atoms with Crippen molar-refractivity contribution in [1.82, 2.24) is 10.2 Å². The number of carbonyl (C=O) groups is 2. The van der Waals surface area contributed by atoms with E-state index in [1.54, 1.807) is 54.6 Å². The zero-order valence-corrected chi connectivity index (χ0v) is 23.0. The van der Waals surface area contributed by atoms with Crippen LogP contribution in [0.15, 0.2) is 77.7 Å². The topological polar surface area (TPSA) is 86.8 Å². The average molecular weight is 542 g/mol. The lowest BCUT2D eigenvalue weighted by Gasteiger charge is -2.33. The number of hydrogen-bond acceptors (Lipinski definition) is 4. The van der Waals surface area contributed by atoms with Crippen molar-refractivity contribution in [2.75, 3.05) is 17.9 Å². The average Bonchev–Trinajstić information content (AvgIpc) is 2.90. The lowest BCUT2D eigenvalue weighted by Crippen LogP contribution is -2.51. The van der Waals surface area contributed by atoms with Gasteiger partial charge >= 0.3 is 0 Å². The number of nitrogens with zero attached hydrogens (tertiary/aromatic N) is 2. The number of likely N-dealkylation sites (N-methyl/N-ethyl adjacent to an activating group) is 1. The van der Waals surface area contributed by atoms with E-state index in [2.05, 4.69) is 5.32 Å². The predicted molar refractivity (Wildman–Crippen MR) is 147 cm³/mol. The Kier molecular flexibility index (Phi) is 9.34. The standard InChI is InChI=1S/C28H32ClN3O4S/c1-5-25(28(34)30-4)31(18-22-14-16-23(29)17-15-22)27(33)19-32(26-13-9-10-20(2)21(26)3)37(35,36)24-11-7-6-8-12-24/h6-17,25H,5,18-19H2,1-4H3,(H,30,34)/t25-/m0/s1. The first-order valence-corrected chi connectivity index (χ1v) is 13.8. The third-order valence-electron chi connectivity index (χ3n) is 6.35. The number of aryl methyl sites for hydroxylation is 1. The van der Waals surface area contributed by atoms with E-state index in [0.29, 0.717) is 17.1 Å². The maximum Gasteiger partial charge on any atom is 0.264 e. The van der Waals surface area contributed by atoms with Crippen molar-refractivity contribution in [1.29, 1.82) is 0 Å². The van der Waals surface area contributed by atoms with E-state index in [1.165, 1.54) is 24.1 Å². The second-order valence-electron chi connectivity index (χ2n) is 8.73. The first-order chi connectivity index (χ1) is 17.6. The number of carbonyl (C=O) groups excluding carboxylic acids is 2. The van der Waals surface area contributed by atoms with Crippen LogP contribution in [0.4, 0.5) is 5.69 Å². The van der Waals surface area contributed by atoms with Crippen LogP contribution in [0.1, 0.15) is 30.0 Å². The van der Waals surface area contributed by atoms with Crippen LogP contribution < -0.4 is 9.62 Å². The maximum absolute atomic E-state index is 13.9. The van der Waals surface area contributed by atoms with E-state index in [4.69, 9.17) is 11.6 Å². The van der Waals surface area contributed by atoms with E-state index in [0.717, 1.165) is 21.0 Å². The van der Waals surface area contributed by atoms with Crippen LogP contribution in [0.5, 0.6) is 0 Å². The molecule has 0 unspecified atom stereocenters. The number of rotatable bonds is 10. The summed E-state index contributed by atoms with van der Waals surface area (Å²) >= 11 is 6.03. The molecule has 0 aliphatic carbocycles. The molecule has 3 aromatic rings. The van der Waals surface area contributed by atoms with Gasteiger partial charge in [0.1, 0.15) is 12.6 Å². The molecule has 0 spiro atoms. The van der Waals surface area contributed by atoms with Gasteiger partial charge in [-0.25, -0.2) is 8.42 Å². The van der Waals surface area contributed by atoms with Crippen LogP contribution in [-0.4, -0.2) is 44.8 Å². The third kappa shape index (κ3) is 6.50. The highest BCUT2D eigenvalue weighted by Gasteiger charge is 2.34. The van der Waals surface area contributed by atoms with Crippen molar-refractivity contribution in [3.8, 4) is 0 Å². The summed E-state index contributed by atoms with van der Waals surface area (Å²) in [5, 5.41) is 3.17. The SMILES string of the molecule is CC[C@@H](C(=O)NC)N(Cc1ccc(Cl)cc1)C(=O)CN(c1cccc(C)c1C)S(=O)(=O)c1ccccc1. The normalized spacial score (nSPS) is 12.0. The van der Waals surface area contributed by atoms with E-state index in [1.807, 2.05) is 26.8 Å². The predicted octanol–water partition coefficient (Wildman–Crippen LogP) is 4.71. The number of benzene rings is 3. The summed E-state index contributed by atoms with van der Waals surface area (Å²) in [6, 6.07) is 19.6. The highest BCUT2D eigenvalue weighted by molar-refractivity contribution is 7.92. The molecule has 3 rings (SSSR count). The van der Waals surface area contributed by atoms with E-state index >= 15 is 0 Å². The Morgan fingerprint density at radius 3 is 2.19 bits per heavy atom. The zero-order valence-electron chi connectivity index (χ0n) is 21.4. The van der Waals surface area contributed by atoms with Crippen LogP contribution >= 0.6 is 11.6 Å². The molecule has 0 bridgehead atoms. The number of nitrogens with one attached hydrogen (secondary N) is 1. The molecule has 196 valence electrons. The second-order valence-corrected chi connectivity index (χ2v) is 11.0. The molecular formula is C28H32ClN3O4S. The van der Waals surface area contributed by atoms with Gasteiger partial charge < -0.3 is 10.2 Å². The smallest absolute Gasteiger partial charge is 0.264 e. The number of halogens is 1. The van der Waals surface area contributed by atoms with Crippen molar-refractivity contribution < 1.29 is 18.0 Å². The minimum atomic E-state index is -4.09. The summed E-state index contributed by atoms with van der Waals surface area (Å²) < 4.78 is 28.8. The van der Waals surface area contributed by atoms with Crippen molar-refractivity contribution >= 4 is 39.1 Å². The molecule has 0 saturated heterocycles. The molecule has 1 N–H and O–H groups in total. The van der Waals surface area contributed by atoms with Gasteiger partial charge in [0.05, 0.1) is 10.6 Å². The Morgan fingerprint density at radius 1 is 0.946 bits per heavy atom. The van der Waals surface area contributed by atoms with Crippen LogP contribution in [0.3, 0.4) is 0 Å². The van der Waals surface area contributed by atoms with Gasteiger partial charge in [0.25, 0.3) is 10.0 Å². The fourth-order valence-electron chi connectivity index (χ4n) is 4.11. The van der Waals surface area contributed by atoms with Gasteiger partial charge in [-0.15, -0.1) is 0 Å². The van der Waals surface area contributed by atoms with Gasteiger partial charge in [0.15, 0.2) is 0 Å². The Labute approximate surface area is 224 Å². The van der Waals surface area contributed by atoms with Crippen LogP contribution in [0.25, 0.3) is 0 Å². The van der Waals surface area contributed by atoms with Crippen LogP contribution in [0, 0.1) is 13.8 Å². The van der Waals surface area contributed by atoms with Crippen molar-refractivity contribution in [2.24, 2.45) is 0 Å². The summed E-state index contributed by atoms with van der Waals surface area (Å²) in [4.78, 5) is 28.2. The van der Waals surface area contributed by atoms with Gasteiger partial charge in [0.2, 0.25) is 11.8 Å². The molecular weight excluding hydrogens is 510 g/mol. The van der Waals surface area contributed by atoms with Crippen LogP contribution in [-0.2, 0) is 26.2 Å². The summed E-state index contributed by atoms with van der Waals surface area (Å²) in [5.74, 6) is -0.820. The van der Waals surface area contributed by atoms with E-state index < -0.39 is 28.5 Å². The largest absolute Gasteiger partial charge is 0.357 e. The summed E-state index contributed by atoms with van der Waals surface area (Å²) in [6.45, 7) is 5.18. The summed E-state index contributed by atoms with van der Waals surface area (Å²) in [5.41, 5.74) is 2.83. The molecule has 1 atom stereocenters. The Morgan fingerprint density at radius 2 is 1.59 bits per heavy atom. The van der Waals surface area contributed by atoms with Crippen LogP contribution in [0.2, 0.25) is 5.02 Å². The van der Waals surface area contributed by atoms with Gasteiger partial charge in [-0.05, 0) is 67.3 Å². The summed E-state index contributed by atoms with van der Waals surface area (Å²) in [7, 11) is -2.58. The minimum Gasteiger partial charge on any atom is -0.357 e. The minimum absolute atomic E-state index is 0.0753. The fraction of sp³-hybridized carbons (Fsp3) is 0.286. The molecule has 0 aliphatic rings.